The predicted molar refractivity (Wildman–Crippen MR) is 97.1 cm³/mol. The summed E-state index contributed by atoms with van der Waals surface area (Å²) in [5, 5.41) is 10.6. The number of benzene rings is 1. The van der Waals surface area contributed by atoms with Gasteiger partial charge in [-0.15, -0.1) is 0 Å². The van der Waals surface area contributed by atoms with E-state index in [0.29, 0.717) is 18.9 Å². The molecular formula is C20H25N3O3. The van der Waals surface area contributed by atoms with Crippen molar-refractivity contribution in [2.45, 2.75) is 31.8 Å². The maximum atomic E-state index is 12.9. The summed E-state index contributed by atoms with van der Waals surface area (Å²) in [6.45, 7) is 2.09. The fourth-order valence-corrected chi connectivity index (χ4v) is 3.97. The van der Waals surface area contributed by atoms with E-state index >= 15 is 0 Å². The number of rotatable bonds is 3. The number of aliphatic hydroxyl groups is 1. The molecule has 0 unspecified atom stereocenters. The van der Waals surface area contributed by atoms with Crippen molar-refractivity contribution in [3.8, 4) is 5.75 Å². The van der Waals surface area contributed by atoms with Gasteiger partial charge in [-0.2, -0.15) is 0 Å². The van der Waals surface area contributed by atoms with Crippen LogP contribution < -0.4 is 4.74 Å². The number of aryl methyl sites for hydroxylation is 2. The summed E-state index contributed by atoms with van der Waals surface area (Å²) in [5.41, 5.74) is 1.86. The van der Waals surface area contributed by atoms with Crippen LogP contribution in [0.1, 0.15) is 47.1 Å². The summed E-state index contributed by atoms with van der Waals surface area (Å²) >= 11 is 0. The number of hydrogen-bond donors (Lipinski definition) is 1. The zero-order chi connectivity index (χ0) is 18.1. The van der Waals surface area contributed by atoms with Crippen molar-refractivity contribution in [1.29, 1.82) is 0 Å². The fourth-order valence-electron chi connectivity index (χ4n) is 3.97. The van der Waals surface area contributed by atoms with E-state index in [0.717, 1.165) is 49.2 Å². The highest BCUT2D eigenvalue weighted by Crippen LogP contribution is 2.31. The topological polar surface area (TPSA) is 67.6 Å². The summed E-state index contributed by atoms with van der Waals surface area (Å²) in [4.78, 5) is 19.0. The van der Waals surface area contributed by atoms with Crippen LogP contribution in [0.2, 0.25) is 0 Å². The molecule has 2 aliphatic heterocycles. The van der Waals surface area contributed by atoms with E-state index < -0.39 is 6.10 Å². The third-order valence-corrected chi connectivity index (χ3v) is 5.55. The number of nitrogens with zero attached hydrogens (tertiary/aromatic N) is 3. The Morgan fingerprint density at radius 3 is 2.88 bits per heavy atom. The first-order valence-corrected chi connectivity index (χ1v) is 9.34. The van der Waals surface area contributed by atoms with Crippen molar-refractivity contribution in [3.63, 3.8) is 0 Å². The standard InChI is InChI=1S/C20H25N3O3/c1-22-11-8-21-19(22)18(24)14-6-9-23(10-7-14)20(25)16-4-5-17-15(13-16)3-2-12-26-17/h4-5,8,11,13-14,18,24H,2-3,6-7,9-10,12H2,1H3/t18-/m1/s1. The van der Waals surface area contributed by atoms with Crippen LogP contribution in [0.3, 0.4) is 0 Å². The Kier molecular flexibility index (Phi) is 4.68. The predicted octanol–water partition coefficient (Wildman–Crippen LogP) is 2.33. The van der Waals surface area contributed by atoms with Crippen molar-refractivity contribution in [2.24, 2.45) is 13.0 Å². The molecule has 138 valence electrons. The first-order valence-electron chi connectivity index (χ1n) is 9.34. The molecule has 1 fully saturated rings. The zero-order valence-corrected chi connectivity index (χ0v) is 15.1. The van der Waals surface area contributed by atoms with E-state index in [1.165, 1.54) is 0 Å². The number of likely N-dealkylation sites (tertiary alicyclic amines) is 1. The Morgan fingerprint density at radius 2 is 2.15 bits per heavy atom. The van der Waals surface area contributed by atoms with Crippen molar-refractivity contribution in [3.05, 3.63) is 47.5 Å². The van der Waals surface area contributed by atoms with Gasteiger partial charge in [-0.05, 0) is 55.4 Å². The van der Waals surface area contributed by atoms with Gasteiger partial charge >= 0.3 is 0 Å². The molecule has 6 heteroatoms. The van der Waals surface area contributed by atoms with Crippen LogP contribution in [0.4, 0.5) is 0 Å². The third-order valence-electron chi connectivity index (χ3n) is 5.55. The number of fused-ring (bicyclic) bond motifs is 1. The molecule has 0 bridgehead atoms. The van der Waals surface area contributed by atoms with E-state index in [1.54, 1.807) is 6.20 Å². The number of piperidine rings is 1. The normalized spacial score (nSPS) is 18.9. The number of amides is 1. The average molecular weight is 355 g/mol. The molecule has 0 aliphatic carbocycles. The Bertz CT molecular complexity index is 793. The molecule has 0 radical (unpaired) electrons. The van der Waals surface area contributed by atoms with Gasteiger partial charge in [0.15, 0.2) is 0 Å². The van der Waals surface area contributed by atoms with Crippen LogP contribution in [0, 0.1) is 5.92 Å². The molecule has 1 N–H and O–H groups in total. The monoisotopic (exact) mass is 355 g/mol. The zero-order valence-electron chi connectivity index (χ0n) is 15.1. The molecule has 1 aromatic carbocycles. The minimum absolute atomic E-state index is 0.0725. The lowest BCUT2D eigenvalue weighted by atomic mass is 9.90. The molecule has 1 aromatic heterocycles. The molecule has 0 spiro atoms. The Balaban J connectivity index is 1.40. The van der Waals surface area contributed by atoms with Gasteiger partial charge in [0.05, 0.1) is 6.61 Å². The number of hydrogen-bond acceptors (Lipinski definition) is 4. The maximum Gasteiger partial charge on any atom is 0.253 e. The number of imidazole rings is 1. The lowest BCUT2D eigenvalue weighted by Crippen LogP contribution is -2.40. The molecule has 6 nitrogen and oxygen atoms in total. The van der Waals surface area contributed by atoms with E-state index in [9.17, 15) is 9.90 Å². The minimum Gasteiger partial charge on any atom is -0.493 e. The molecule has 26 heavy (non-hydrogen) atoms. The van der Waals surface area contributed by atoms with Crippen LogP contribution in [0.15, 0.2) is 30.6 Å². The molecule has 1 amide bonds. The van der Waals surface area contributed by atoms with E-state index in [-0.39, 0.29) is 11.8 Å². The fraction of sp³-hybridized carbons (Fsp3) is 0.500. The Labute approximate surface area is 153 Å². The van der Waals surface area contributed by atoms with Gasteiger partial charge in [-0.25, -0.2) is 4.98 Å². The van der Waals surface area contributed by atoms with Gasteiger partial charge in [-0.1, -0.05) is 0 Å². The van der Waals surface area contributed by atoms with E-state index in [2.05, 4.69) is 4.98 Å². The second-order valence-electron chi connectivity index (χ2n) is 7.25. The van der Waals surface area contributed by atoms with Gasteiger partial charge in [0, 0.05) is 38.1 Å². The Hall–Kier alpha value is -2.34. The number of aliphatic hydroxyl groups excluding tert-OH is 1. The molecule has 1 saturated heterocycles. The van der Waals surface area contributed by atoms with Crippen LogP contribution in [0.5, 0.6) is 5.75 Å². The first-order chi connectivity index (χ1) is 12.6. The highest BCUT2D eigenvalue weighted by Gasteiger charge is 2.30. The second kappa shape index (κ2) is 7.11. The van der Waals surface area contributed by atoms with Crippen LogP contribution in [0.25, 0.3) is 0 Å². The largest absolute Gasteiger partial charge is 0.493 e. The lowest BCUT2D eigenvalue weighted by Gasteiger charge is -2.34. The summed E-state index contributed by atoms with van der Waals surface area (Å²) in [5.74, 6) is 1.81. The van der Waals surface area contributed by atoms with Crippen molar-refractivity contribution >= 4 is 5.91 Å². The van der Waals surface area contributed by atoms with Gasteiger partial charge < -0.3 is 19.3 Å². The maximum absolute atomic E-state index is 12.9. The van der Waals surface area contributed by atoms with Crippen molar-refractivity contribution < 1.29 is 14.6 Å². The molecule has 2 aromatic rings. The highest BCUT2D eigenvalue weighted by atomic mass is 16.5. The average Bonchev–Trinajstić information content (AvgIpc) is 3.12. The number of carbonyl (C=O) groups excluding carboxylic acids is 1. The minimum atomic E-state index is -0.576. The smallest absolute Gasteiger partial charge is 0.253 e. The van der Waals surface area contributed by atoms with Gasteiger partial charge in [-0.3, -0.25) is 4.79 Å². The number of aromatic nitrogens is 2. The third kappa shape index (κ3) is 3.21. The first kappa shape index (κ1) is 17.1. The van der Waals surface area contributed by atoms with Gasteiger partial charge in [0.2, 0.25) is 0 Å². The molecule has 1 atom stereocenters. The highest BCUT2D eigenvalue weighted by molar-refractivity contribution is 5.94. The lowest BCUT2D eigenvalue weighted by molar-refractivity contribution is 0.0420. The molecular weight excluding hydrogens is 330 g/mol. The summed E-state index contributed by atoms with van der Waals surface area (Å²) in [6, 6.07) is 5.76. The summed E-state index contributed by atoms with van der Waals surface area (Å²) < 4.78 is 7.49. The number of carbonyl (C=O) groups is 1. The number of ether oxygens (including phenoxy) is 1. The van der Waals surface area contributed by atoms with Crippen LogP contribution >= 0.6 is 0 Å². The Morgan fingerprint density at radius 1 is 1.35 bits per heavy atom. The quantitative estimate of drug-likeness (QED) is 0.918. The van der Waals surface area contributed by atoms with Crippen molar-refractivity contribution in [2.75, 3.05) is 19.7 Å². The molecule has 2 aliphatic rings. The van der Waals surface area contributed by atoms with E-state index in [4.69, 9.17) is 4.74 Å². The van der Waals surface area contributed by atoms with Crippen LogP contribution in [-0.4, -0.2) is 45.2 Å². The molecule has 0 saturated carbocycles. The SMILES string of the molecule is Cn1ccnc1[C@H](O)C1CCN(C(=O)c2ccc3c(c2)CCCO3)CC1. The van der Waals surface area contributed by atoms with E-state index in [1.807, 2.05) is 40.9 Å². The van der Waals surface area contributed by atoms with Crippen LogP contribution in [-0.2, 0) is 13.5 Å². The van der Waals surface area contributed by atoms with Gasteiger partial charge in [0.1, 0.15) is 17.7 Å². The summed E-state index contributed by atoms with van der Waals surface area (Å²) in [7, 11) is 1.89. The molecule has 3 heterocycles. The molecule has 4 rings (SSSR count). The second-order valence-corrected chi connectivity index (χ2v) is 7.25. The van der Waals surface area contributed by atoms with Crippen molar-refractivity contribution in [1.82, 2.24) is 14.5 Å². The summed E-state index contributed by atoms with van der Waals surface area (Å²) in [6.07, 6.45) is 6.51. The van der Waals surface area contributed by atoms with Gasteiger partial charge in [0.25, 0.3) is 5.91 Å².